The molecule has 2 nitrogen and oxygen atoms in total. The SMILES string of the molecule is Cc1cc(C)c(C(O)C(C#N)c2ccccc2)c(C)c1. The first kappa shape index (κ1) is 14.3. The van der Waals surface area contributed by atoms with Gasteiger partial charge in [0.1, 0.15) is 5.92 Å². The fourth-order valence-electron chi connectivity index (χ4n) is 2.81. The first-order valence-corrected chi connectivity index (χ1v) is 6.75. The van der Waals surface area contributed by atoms with Crippen LogP contribution in [0, 0.1) is 32.1 Å². The van der Waals surface area contributed by atoms with Crippen molar-refractivity contribution in [1.82, 2.24) is 0 Å². The third-order valence-electron chi connectivity index (χ3n) is 3.65. The molecule has 0 fully saturated rings. The maximum absolute atomic E-state index is 10.7. The lowest BCUT2D eigenvalue weighted by Crippen LogP contribution is -2.12. The molecule has 0 radical (unpaired) electrons. The van der Waals surface area contributed by atoms with Gasteiger partial charge in [-0.25, -0.2) is 0 Å². The van der Waals surface area contributed by atoms with E-state index in [1.807, 2.05) is 63.2 Å². The number of nitriles is 1. The van der Waals surface area contributed by atoms with Crippen LogP contribution < -0.4 is 0 Å². The third-order valence-corrected chi connectivity index (χ3v) is 3.65. The normalized spacial score (nSPS) is 13.6. The van der Waals surface area contributed by atoms with Crippen LogP contribution in [-0.4, -0.2) is 5.11 Å². The smallest absolute Gasteiger partial charge is 0.101 e. The standard InChI is InChI=1S/C18H19NO/c1-12-9-13(2)17(14(3)10-12)18(20)16(11-19)15-7-5-4-6-8-15/h4-10,16,18,20H,1-3H3. The first-order valence-electron chi connectivity index (χ1n) is 6.75. The number of aryl methyl sites for hydroxylation is 3. The lowest BCUT2D eigenvalue weighted by Gasteiger charge is -2.22. The van der Waals surface area contributed by atoms with Crippen molar-refractivity contribution >= 4 is 0 Å². The zero-order chi connectivity index (χ0) is 14.7. The summed E-state index contributed by atoms with van der Waals surface area (Å²) in [5.74, 6) is -0.545. The zero-order valence-corrected chi connectivity index (χ0v) is 12.1. The van der Waals surface area contributed by atoms with Crippen molar-refractivity contribution in [2.45, 2.75) is 32.8 Å². The van der Waals surface area contributed by atoms with Crippen LogP contribution >= 0.6 is 0 Å². The van der Waals surface area contributed by atoms with Gasteiger partial charge in [0.05, 0.1) is 12.2 Å². The predicted octanol–water partition coefficient (Wildman–Crippen LogP) is 3.95. The van der Waals surface area contributed by atoms with E-state index >= 15 is 0 Å². The summed E-state index contributed by atoms with van der Waals surface area (Å²) in [6.07, 6.45) is -0.803. The Hall–Kier alpha value is -2.11. The van der Waals surface area contributed by atoms with Gasteiger partial charge in [-0.05, 0) is 43.0 Å². The lowest BCUT2D eigenvalue weighted by atomic mass is 9.85. The van der Waals surface area contributed by atoms with E-state index in [1.165, 1.54) is 5.56 Å². The molecule has 0 aliphatic carbocycles. The highest BCUT2D eigenvalue weighted by molar-refractivity contribution is 5.42. The van der Waals surface area contributed by atoms with Crippen LogP contribution in [0.25, 0.3) is 0 Å². The Bertz CT molecular complexity index is 617. The largest absolute Gasteiger partial charge is 0.387 e. The molecule has 0 bridgehead atoms. The van der Waals surface area contributed by atoms with Crippen LogP contribution in [0.3, 0.4) is 0 Å². The molecule has 20 heavy (non-hydrogen) atoms. The monoisotopic (exact) mass is 265 g/mol. The summed E-state index contributed by atoms with van der Waals surface area (Å²) in [6.45, 7) is 6.01. The Labute approximate surface area is 120 Å². The summed E-state index contributed by atoms with van der Waals surface area (Å²) >= 11 is 0. The Balaban J connectivity index is 2.45. The van der Waals surface area contributed by atoms with Crippen molar-refractivity contribution in [3.05, 3.63) is 70.3 Å². The Morgan fingerprint density at radius 1 is 1.00 bits per heavy atom. The van der Waals surface area contributed by atoms with Gasteiger partial charge in [0.2, 0.25) is 0 Å². The number of hydrogen-bond acceptors (Lipinski definition) is 2. The molecule has 0 aromatic heterocycles. The molecular formula is C18H19NO. The van der Waals surface area contributed by atoms with Crippen molar-refractivity contribution in [1.29, 1.82) is 5.26 Å². The maximum Gasteiger partial charge on any atom is 0.101 e. The quantitative estimate of drug-likeness (QED) is 0.913. The van der Waals surface area contributed by atoms with E-state index in [9.17, 15) is 10.4 Å². The van der Waals surface area contributed by atoms with Gasteiger partial charge in [0, 0.05) is 0 Å². The van der Waals surface area contributed by atoms with Crippen LogP contribution in [0.15, 0.2) is 42.5 Å². The summed E-state index contributed by atoms with van der Waals surface area (Å²) in [5.41, 5.74) is 4.95. The number of hydrogen-bond donors (Lipinski definition) is 1. The Morgan fingerprint density at radius 3 is 2.05 bits per heavy atom. The number of aliphatic hydroxyl groups is 1. The minimum Gasteiger partial charge on any atom is -0.387 e. The van der Waals surface area contributed by atoms with Gasteiger partial charge in [0.15, 0.2) is 0 Å². The van der Waals surface area contributed by atoms with Gasteiger partial charge in [0.25, 0.3) is 0 Å². The molecule has 2 aromatic carbocycles. The molecule has 2 rings (SSSR count). The van der Waals surface area contributed by atoms with Crippen molar-refractivity contribution in [3.8, 4) is 6.07 Å². The summed E-state index contributed by atoms with van der Waals surface area (Å²) in [6, 6.07) is 15.8. The molecule has 0 amide bonds. The summed E-state index contributed by atoms with van der Waals surface area (Å²) in [4.78, 5) is 0. The second-order valence-corrected chi connectivity index (χ2v) is 5.27. The Kier molecular flexibility index (Phi) is 4.22. The van der Waals surface area contributed by atoms with E-state index in [1.54, 1.807) is 0 Å². The second kappa shape index (κ2) is 5.90. The average molecular weight is 265 g/mol. The van der Waals surface area contributed by atoms with E-state index < -0.39 is 12.0 Å². The summed E-state index contributed by atoms with van der Waals surface area (Å²) in [7, 11) is 0. The predicted molar refractivity (Wildman–Crippen MR) is 80.4 cm³/mol. The van der Waals surface area contributed by atoms with Crippen molar-refractivity contribution in [3.63, 3.8) is 0 Å². The molecular weight excluding hydrogens is 246 g/mol. The molecule has 102 valence electrons. The van der Waals surface area contributed by atoms with Gasteiger partial charge in [-0.2, -0.15) is 5.26 Å². The Morgan fingerprint density at radius 2 is 1.55 bits per heavy atom. The van der Waals surface area contributed by atoms with Gasteiger partial charge < -0.3 is 5.11 Å². The highest BCUT2D eigenvalue weighted by Crippen LogP contribution is 2.34. The van der Waals surface area contributed by atoms with Crippen LogP contribution in [0.5, 0.6) is 0 Å². The molecule has 2 heteroatoms. The fraction of sp³-hybridized carbons (Fsp3) is 0.278. The number of aliphatic hydroxyl groups excluding tert-OH is 1. The third kappa shape index (κ3) is 2.74. The minimum atomic E-state index is -0.803. The minimum absolute atomic E-state index is 0.545. The molecule has 2 aromatic rings. The second-order valence-electron chi connectivity index (χ2n) is 5.27. The van der Waals surface area contributed by atoms with Gasteiger partial charge >= 0.3 is 0 Å². The van der Waals surface area contributed by atoms with Crippen molar-refractivity contribution < 1.29 is 5.11 Å². The van der Waals surface area contributed by atoms with Crippen LogP contribution in [0.4, 0.5) is 0 Å². The molecule has 0 saturated carbocycles. The summed E-state index contributed by atoms with van der Waals surface area (Å²) < 4.78 is 0. The number of nitrogens with zero attached hydrogens (tertiary/aromatic N) is 1. The maximum atomic E-state index is 10.7. The molecule has 1 N–H and O–H groups in total. The van der Waals surface area contributed by atoms with E-state index in [0.717, 1.165) is 22.3 Å². The lowest BCUT2D eigenvalue weighted by molar-refractivity contribution is 0.163. The molecule has 0 aliphatic rings. The van der Waals surface area contributed by atoms with Gasteiger partial charge in [-0.15, -0.1) is 0 Å². The molecule has 0 spiro atoms. The highest BCUT2D eigenvalue weighted by Gasteiger charge is 2.25. The van der Waals surface area contributed by atoms with Crippen molar-refractivity contribution in [2.75, 3.05) is 0 Å². The molecule has 2 atom stereocenters. The molecule has 0 heterocycles. The average Bonchev–Trinajstić information content (AvgIpc) is 2.39. The zero-order valence-electron chi connectivity index (χ0n) is 12.1. The van der Waals surface area contributed by atoms with E-state index in [-0.39, 0.29) is 0 Å². The fourth-order valence-corrected chi connectivity index (χ4v) is 2.81. The van der Waals surface area contributed by atoms with Crippen LogP contribution in [0.2, 0.25) is 0 Å². The molecule has 0 saturated heterocycles. The number of benzene rings is 2. The topological polar surface area (TPSA) is 44.0 Å². The molecule has 2 unspecified atom stereocenters. The van der Waals surface area contributed by atoms with Crippen molar-refractivity contribution in [2.24, 2.45) is 0 Å². The number of rotatable bonds is 3. The highest BCUT2D eigenvalue weighted by atomic mass is 16.3. The van der Waals surface area contributed by atoms with Gasteiger partial charge in [-0.1, -0.05) is 48.0 Å². The van der Waals surface area contributed by atoms with E-state index in [0.29, 0.717) is 0 Å². The van der Waals surface area contributed by atoms with Crippen LogP contribution in [-0.2, 0) is 0 Å². The van der Waals surface area contributed by atoms with E-state index in [2.05, 4.69) is 6.07 Å². The first-order chi connectivity index (χ1) is 9.54. The van der Waals surface area contributed by atoms with E-state index in [4.69, 9.17) is 0 Å². The summed E-state index contributed by atoms with van der Waals surface area (Å²) in [5, 5.41) is 20.1. The van der Waals surface area contributed by atoms with Gasteiger partial charge in [-0.3, -0.25) is 0 Å². The van der Waals surface area contributed by atoms with Crippen LogP contribution in [0.1, 0.15) is 39.8 Å². The molecule has 0 aliphatic heterocycles.